The highest BCUT2D eigenvalue weighted by Crippen LogP contribution is 2.76. The van der Waals surface area contributed by atoms with Gasteiger partial charge in [0.15, 0.2) is 6.29 Å². The molecule has 0 spiro atoms. The van der Waals surface area contributed by atoms with Crippen LogP contribution in [-0.4, -0.2) is 85.8 Å². The zero-order valence-electron chi connectivity index (χ0n) is 28.5. The minimum absolute atomic E-state index is 0.0131. The molecule has 0 bridgehead atoms. The predicted molar refractivity (Wildman–Crippen MR) is 168 cm³/mol. The van der Waals surface area contributed by atoms with Gasteiger partial charge in [0.05, 0.1) is 24.4 Å². The van der Waals surface area contributed by atoms with Crippen molar-refractivity contribution in [2.24, 2.45) is 45.3 Å². The second-order valence-corrected chi connectivity index (χ2v) is 17.3. The Labute approximate surface area is 265 Å². The molecule has 44 heavy (non-hydrogen) atoms. The van der Waals surface area contributed by atoms with Crippen molar-refractivity contribution in [3.05, 3.63) is 11.6 Å². The molecule has 0 amide bonds. The fourth-order valence-corrected chi connectivity index (χ4v) is 11.8. The average molecular weight is 623 g/mol. The molecule has 0 radical (unpaired) electrons. The summed E-state index contributed by atoms with van der Waals surface area (Å²) in [6, 6.07) is 0. The quantitative estimate of drug-likeness (QED) is 0.231. The first-order chi connectivity index (χ1) is 20.4. The summed E-state index contributed by atoms with van der Waals surface area (Å²) in [4.78, 5) is 0. The van der Waals surface area contributed by atoms with Gasteiger partial charge in [0.1, 0.15) is 24.4 Å². The van der Waals surface area contributed by atoms with Crippen LogP contribution in [0.1, 0.15) is 113 Å². The van der Waals surface area contributed by atoms with E-state index in [1.165, 1.54) is 5.57 Å². The molecule has 1 heterocycles. The monoisotopic (exact) mass is 622 g/mol. The summed E-state index contributed by atoms with van der Waals surface area (Å²) in [6.07, 6.45) is 2.60. The molecule has 0 aromatic carbocycles. The Kier molecular flexibility index (Phi) is 9.35. The Hall–Kier alpha value is -0.580. The Morgan fingerprint density at radius 1 is 0.864 bits per heavy atom. The van der Waals surface area contributed by atoms with Gasteiger partial charge in [-0.3, -0.25) is 0 Å². The molecule has 5 rings (SSSR count). The highest BCUT2D eigenvalue weighted by molar-refractivity contribution is 5.20. The van der Waals surface area contributed by atoms with Crippen molar-refractivity contribution in [1.29, 1.82) is 0 Å². The van der Waals surface area contributed by atoms with Gasteiger partial charge in [-0.1, -0.05) is 46.3 Å². The van der Waals surface area contributed by atoms with E-state index in [0.29, 0.717) is 18.3 Å². The van der Waals surface area contributed by atoms with Gasteiger partial charge in [0, 0.05) is 0 Å². The van der Waals surface area contributed by atoms with E-state index in [0.717, 1.165) is 51.4 Å². The lowest BCUT2D eigenvalue weighted by atomic mass is 9.35. The fourth-order valence-electron chi connectivity index (χ4n) is 11.8. The molecule has 0 aromatic rings. The SMILES string of the molecule is CC(C)=CCC[C@](C)(O[C@@H]1OC(CO)[C@@H](O)C(O)[C@@H]1O)[C@H]1CC[C@]2(C)C1[C@H](O)CC1[C@@]3(C)CC[C@H](O)C(C)(C)C3CC[C@]12C. The Balaban J connectivity index is 1.49. The van der Waals surface area contributed by atoms with Crippen molar-refractivity contribution in [3.63, 3.8) is 0 Å². The van der Waals surface area contributed by atoms with Gasteiger partial charge in [-0.05, 0) is 124 Å². The van der Waals surface area contributed by atoms with E-state index >= 15 is 0 Å². The van der Waals surface area contributed by atoms with Crippen molar-refractivity contribution >= 4 is 0 Å². The van der Waals surface area contributed by atoms with E-state index in [1.54, 1.807) is 0 Å². The molecule has 1 aliphatic heterocycles. The zero-order chi connectivity index (χ0) is 32.6. The van der Waals surface area contributed by atoms with Gasteiger partial charge in [-0.15, -0.1) is 0 Å². The van der Waals surface area contributed by atoms with Crippen molar-refractivity contribution in [2.75, 3.05) is 6.61 Å². The molecular formula is C36H62O8. The third-order valence-electron chi connectivity index (χ3n) is 14.6. The molecule has 4 saturated carbocycles. The van der Waals surface area contributed by atoms with Crippen LogP contribution >= 0.6 is 0 Å². The predicted octanol–water partition coefficient (Wildman–Crippen LogP) is 4.32. The van der Waals surface area contributed by atoms with Crippen LogP contribution in [0.4, 0.5) is 0 Å². The first kappa shape index (κ1) is 34.7. The van der Waals surface area contributed by atoms with E-state index in [1.807, 2.05) is 0 Å². The Bertz CT molecular complexity index is 1070. The molecule has 0 aromatic heterocycles. The van der Waals surface area contributed by atoms with E-state index in [-0.39, 0.29) is 39.6 Å². The number of hydrogen-bond donors (Lipinski definition) is 6. The van der Waals surface area contributed by atoms with Crippen LogP contribution in [0.2, 0.25) is 0 Å². The molecule has 254 valence electrons. The lowest BCUT2D eigenvalue weighted by Gasteiger charge is -2.70. The third-order valence-corrected chi connectivity index (χ3v) is 14.6. The van der Waals surface area contributed by atoms with Gasteiger partial charge in [-0.2, -0.15) is 0 Å². The van der Waals surface area contributed by atoms with Crippen LogP contribution in [0.25, 0.3) is 0 Å². The summed E-state index contributed by atoms with van der Waals surface area (Å²) in [5.74, 6) is 0.713. The number of aliphatic hydroxyl groups excluding tert-OH is 6. The third kappa shape index (κ3) is 5.17. The maximum absolute atomic E-state index is 12.2. The Morgan fingerprint density at radius 3 is 2.16 bits per heavy atom. The lowest BCUT2D eigenvalue weighted by molar-refractivity contribution is -0.336. The minimum Gasteiger partial charge on any atom is -0.394 e. The molecule has 5 unspecified atom stereocenters. The molecule has 5 fully saturated rings. The summed E-state index contributed by atoms with van der Waals surface area (Å²) in [7, 11) is 0. The summed E-state index contributed by atoms with van der Waals surface area (Å²) in [5.41, 5.74) is 0.171. The van der Waals surface area contributed by atoms with Gasteiger partial charge >= 0.3 is 0 Å². The number of hydrogen-bond acceptors (Lipinski definition) is 8. The first-order valence-electron chi connectivity index (χ1n) is 17.3. The van der Waals surface area contributed by atoms with Crippen molar-refractivity contribution in [1.82, 2.24) is 0 Å². The highest BCUT2D eigenvalue weighted by Gasteiger charge is 2.71. The second-order valence-electron chi connectivity index (χ2n) is 17.3. The Morgan fingerprint density at radius 2 is 1.52 bits per heavy atom. The van der Waals surface area contributed by atoms with Crippen LogP contribution in [0.5, 0.6) is 0 Å². The van der Waals surface area contributed by atoms with Crippen LogP contribution in [0.15, 0.2) is 11.6 Å². The largest absolute Gasteiger partial charge is 0.394 e. The molecule has 8 nitrogen and oxygen atoms in total. The summed E-state index contributed by atoms with van der Waals surface area (Å²) >= 11 is 0. The summed E-state index contributed by atoms with van der Waals surface area (Å²) in [6.45, 7) is 17.5. The molecule has 1 saturated heterocycles. The number of aliphatic hydroxyl groups is 6. The molecule has 6 N–H and O–H groups in total. The van der Waals surface area contributed by atoms with Crippen LogP contribution in [0, 0.1) is 45.3 Å². The van der Waals surface area contributed by atoms with Gasteiger partial charge in [0.2, 0.25) is 0 Å². The second kappa shape index (κ2) is 11.8. The fraction of sp³-hybridized carbons (Fsp3) is 0.944. The summed E-state index contributed by atoms with van der Waals surface area (Å²) < 4.78 is 12.6. The maximum Gasteiger partial charge on any atom is 0.187 e. The van der Waals surface area contributed by atoms with E-state index in [9.17, 15) is 30.6 Å². The van der Waals surface area contributed by atoms with Gasteiger partial charge in [-0.25, -0.2) is 0 Å². The normalized spacial score (nSPS) is 51.5. The molecule has 5 aliphatic rings. The summed E-state index contributed by atoms with van der Waals surface area (Å²) in [5, 5.41) is 65.0. The van der Waals surface area contributed by atoms with Crippen molar-refractivity contribution in [2.45, 2.75) is 162 Å². The minimum atomic E-state index is -1.50. The van der Waals surface area contributed by atoms with Gasteiger partial charge < -0.3 is 40.1 Å². The van der Waals surface area contributed by atoms with Gasteiger partial charge in [0.25, 0.3) is 0 Å². The highest BCUT2D eigenvalue weighted by atomic mass is 16.7. The van der Waals surface area contributed by atoms with Crippen molar-refractivity contribution in [3.8, 4) is 0 Å². The van der Waals surface area contributed by atoms with Crippen LogP contribution in [0.3, 0.4) is 0 Å². The van der Waals surface area contributed by atoms with Crippen molar-refractivity contribution < 1.29 is 40.1 Å². The standard InChI is InChI=1S/C36H62O8/c1-20(2)10-9-14-36(8,44-31-30(42)29(41)28(40)23(19-37)43-31)21-11-16-35(7)27(21)22(38)18-25-33(5)15-13-26(39)32(3,4)24(33)12-17-34(25,35)6/h10,21-31,37-42H,9,11-19H2,1-8H3/t21-,22+,23?,24?,25?,26-,27?,28+,29?,30-,31-,33-,34+,35+,36-/m0/s1. The average Bonchev–Trinajstić information content (AvgIpc) is 3.33. The first-order valence-corrected chi connectivity index (χ1v) is 17.3. The molecule has 4 aliphatic carbocycles. The number of fused-ring (bicyclic) bond motifs is 5. The topological polar surface area (TPSA) is 140 Å². The number of allylic oxidation sites excluding steroid dienone is 2. The zero-order valence-corrected chi connectivity index (χ0v) is 28.5. The lowest BCUT2D eigenvalue weighted by Crippen LogP contribution is -2.67. The van der Waals surface area contributed by atoms with E-state index < -0.39 is 49.0 Å². The van der Waals surface area contributed by atoms with Crippen LogP contribution < -0.4 is 0 Å². The smallest absolute Gasteiger partial charge is 0.187 e. The van der Waals surface area contributed by atoms with Crippen LogP contribution in [-0.2, 0) is 9.47 Å². The number of rotatable bonds is 7. The molecule has 15 atom stereocenters. The molecular weight excluding hydrogens is 560 g/mol. The van der Waals surface area contributed by atoms with E-state index in [4.69, 9.17) is 9.47 Å². The number of ether oxygens (including phenoxy) is 2. The molecule has 8 heteroatoms. The van der Waals surface area contributed by atoms with E-state index in [2.05, 4.69) is 61.5 Å². The maximum atomic E-state index is 12.2.